The van der Waals surface area contributed by atoms with E-state index in [1.165, 1.54) is 38.5 Å². The minimum atomic E-state index is 0.146. The van der Waals surface area contributed by atoms with E-state index in [1.807, 2.05) is 12.1 Å². The summed E-state index contributed by atoms with van der Waals surface area (Å²) in [5, 5.41) is 19.0. The minimum Gasteiger partial charge on any atom is -0.508 e. The van der Waals surface area contributed by atoms with Crippen LogP contribution in [0, 0.1) is 0 Å². The van der Waals surface area contributed by atoms with Gasteiger partial charge in [-0.1, -0.05) is 57.6 Å². The molecule has 0 aliphatic heterocycles. The summed E-state index contributed by atoms with van der Waals surface area (Å²) in [6, 6.07) is 5.61. The second kappa shape index (κ2) is 9.85. The van der Waals surface area contributed by atoms with Crippen LogP contribution >= 0.6 is 0 Å². The molecule has 0 aliphatic carbocycles. The Morgan fingerprint density at radius 2 is 1.58 bits per heavy atom. The van der Waals surface area contributed by atoms with Gasteiger partial charge in [0.25, 0.3) is 0 Å². The number of hydrogen-bond acceptors (Lipinski definition) is 2. The Morgan fingerprint density at radius 3 is 2.26 bits per heavy atom. The highest BCUT2D eigenvalue weighted by molar-refractivity contribution is 5.39. The third-order valence-electron chi connectivity index (χ3n) is 3.66. The first-order valence-corrected chi connectivity index (χ1v) is 7.70. The topological polar surface area (TPSA) is 40.5 Å². The predicted octanol–water partition coefficient (Wildman–Crippen LogP) is 4.22. The van der Waals surface area contributed by atoms with Gasteiger partial charge in [0, 0.05) is 6.61 Å². The summed E-state index contributed by atoms with van der Waals surface area (Å²) in [6.07, 6.45) is 10.5. The highest BCUT2D eigenvalue weighted by atomic mass is 16.3. The molecule has 0 atom stereocenters. The van der Waals surface area contributed by atoms with Crippen molar-refractivity contribution in [2.75, 3.05) is 6.61 Å². The molecule has 0 fully saturated rings. The Labute approximate surface area is 117 Å². The van der Waals surface area contributed by atoms with Crippen molar-refractivity contribution in [2.45, 2.75) is 64.7 Å². The number of aromatic hydroxyl groups is 1. The van der Waals surface area contributed by atoms with Gasteiger partial charge < -0.3 is 10.2 Å². The molecule has 2 nitrogen and oxygen atoms in total. The van der Waals surface area contributed by atoms with Crippen molar-refractivity contribution >= 4 is 0 Å². The summed E-state index contributed by atoms with van der Waals surface area (Å²) in [7, 11) is 0. The standard InChI is InChI=1S/C17H28O2/c1-2-3-4-5-6-7-8-11-16-15(13-14-18)10-9-12-17(16)19/h9-10,12,18-19H,2-8,11,13-14H2,1H3. The van der Waals surface area contributed by atoms with Gasteiger partial charge in [-0.3, -0.25) is 0 Å². The van der Waals surface area contributed by atoms with Crippen molar-refractivity contribution < 1.29 is 10.2 Å². The number of benzene rings is 1. The molecule has 1 aromatic rings. The maximum absolute atomic E-state index is 9.91. The van der Waals surface area contributed by atoms with E-state index < -0.39 is 0 Å². The third-order valence-corrected chi connectivity index (χ3v) is 3.66. The first-order chi connectivity index (χ1) is 9.29. The van der Waals surface area contributed by atoms with Gasteiger partial charge in [0.2, 0.25) is 0 Å². The molecule has 2 heteroatoms. The summed E-state index contributed by atoms with van der Waals surface area (Å²) in [5.74, 6) is 0.386. The lowest BCUT2D eigenvalue weighted by molar-refractivity contribution is 0.299. The maximum Gasteiger partial charge on any atom is 0.119 e. The normalized spacial score (nSPS) is 10.8. The number of aliphatic hydroxyl groups is 1. The first-order valence-electron chi connectivity index (χ1n) is 7.70. The van der Waals surface area contributed by atoms with Crippen LogP contribution in [-0.2, 0) is 12.8 Å². The van der Waals surface area contributed by atoms with E-state index in [4.69, 9.17) is 5.11 Å². The number of phenols is 1. The summed E-state index contributed by atoms with van der Waals surface area (Å²) >= 11 is 0. The highest BCUT2D eigenvalue weighted by Crippen LogP contribution is 2.24. The van der Waals surface area contributed by atoms with Crippen LogP contribution in [0.3, 0.4) is 0 Å². The molecule has 0 saturated heterocycles. The van der Waals surface area contributed by atoms with Crippen molar-refractivity contribution in [3.8, 4) is 5.75 Å². The summed E-state index contributed by atoms with van der Waals surface area (Å²) < 4.78 is 0. The van der Waals surface area contributed by atoms with E-state index in [9.17, 15) is 5.11 Å². The molecule has 19 heavy (non-hydrogen) atoms. The molecule has 2 N–H and O–H groups in total. The van der Waals surface area contributed by atoms with Crippen molar-refractivity contribution in [3.63, 3.8) is 0 Å². The fourth-order valence-electron chi connectivity index (χ4n) is 2.52. The molecular weight excluding hydrogens is 236 g/mol. The first kappa shape index (κ1) is 16.0. The Balaban J connectivity index is 2.32. The monoisotopic (exact) mass is 264 g/mol. The van der Waals surface area contributed by atoms with Gasteiger partial charge in [-0.05, 0) is 36.5 Å². The Kier molecular flexibility index (Phi) is 8.31. The third kappa shape index (κ3) is 6.11. The lowest BCUT2D eigenvalue weighted by Crippen LogP contribution is -1.98. The fourth-order valence-corrected chi connectivity index (χ4v) is 2.52. The van der Waals surface area contributed by atoms with Crippen molar-refractivity contribution in [3.05, 3.63) is 29.3 Å². The average molecular weight is 264 g/mol. The highest BCUT2D eigenvalue weighted by Gasteiger charge is 2.06. The smallest absolute Gasteiger partial charge is 0.119 e. The largest absolute Gasteiger partial charge is 0.508 e. The zero-order valence-electron chi connectivity index (χ0n) is 12.2. The quantitative estimate of drug-likeness (QED) is 0.621. The van der Waals surface area contributed by atoms with Crippen LogP contribution in [0.25, 0.3) is 0 Å². The van der Waals surface area contributed by atoms with Crippen LogP contribution in [0.15, 0.2) is 18.2 Å². The number of aliphatic hydroxyl groups excluding tert-OH is 1. The van der Waals surface area contributed by atoms with Crippen molar-refractivity contribution in [1.29, 1.82) is 0 Å². The van der Waals surface area contributed by atoms with Crippen LogP contribution in [0.1, 0.15) is 63.0 Å². The van der Waals surface area contributed by atoms with E-state index in [0.717, 1.165) is 24.0 Å². The van der Waals surface area contributed by atoms with E-state index >= 15 is 0 Å². The van der Waals surface area contributed by atoms with Gasteiger partial charge in [-0.2, -0.15) is 0 Å². The number of hydrogen-bond donors (Lipinski definition) is 2. The molecule has 0 aromatic heterocycles. The molecule has 0 unspecified atom stereocenters. The molecular formula is C17H28O2. The Morgan fingerprint density at radius 1 is 0.895 bits per heavy atom. The van der Waals surface area contributed by atoms with Crippen LogP contribution in [0.4, 0.5) is 0 Å². The van der Waals surface area contributed by atoms with Gasteiger partial charge in [0.1, 0.15) is 5.75 Å². The molecule has 1 aromatic carbocycles. The van der Waals surface area contributed by atoms with Crippen LogP contribution in [0.2, 0.25) is 0 Å². The fraction of sp³-hybridized carbons (Fsp3) is 0.647. The summed E-state index contributed by atoms with van der Waals surface area (Å²) in [5.41, 5.74) is 2.12. The second-order valence-corrected chi connectivity index (χ2v) is 5.26. The molecule has 0 heterocycles. The van der Waals surface area contributed by atoms with Crippen molar-refractivity contribution in [1.82, 2.24) is 0 Å². The molecule has 0 spiro atoms. The molecule has 1 rings (SSSR count). The zero-order valence-corrected chi connectivity index (χ0v) is 12.2. The van der Waals surface area contributed by atoms with E-state index in [2.05, 4.69) is 6.92 Å². The molecule has 0 radical (unpaired) electrons. The molecule has 0 aliphatic rings. The Bertz CT molecular complexity index is 347. The maximum atomic E-state index is 9.91. The van der Waals surface area contributed by atoms with Gasteiger partial charge in [0.15, 0.2) is 0 Å². The van der Waals surface area contributed by atoms with Crippen LogP contribution in [-0.4, -0.2) is 16.8 Å². The predicted molar refractivity (Wildman–Crippen MR) is 80.6 cm³/mol. The lowest BCUT2D eigenvalue weighted by Gasteiger charge is -2.10. The van der Waals surface area contributed by atoms with Crippen molar-refractivity contribution in [2.24, 2.45) is 0 Å². The summed E-state index contributed by atoms with van der Waals surface area (Å²) in [4.78, 5) is 0. The lowest BCUT2D eigenvalue weighted by atomic mass is 9.97. The van der Waals surface area contributed by atoms with E-state index in [-0.39, 0.29) is 6.61 Å². The van der Waals surface area contributed by atoms with Gasteiger partial charge in [-0.15, -0.1) is 0 Å². The number of phenolic OH excluding ortho intramolecular Hbond substituents is 1. The molecule has 0 bridgehead atoms. The van der Waals surface area contributed by atoms with Crippen LogP contribution in [0.5, 0.6) is 5.75 Å². The number of rotatable bonds is 10. The van der Waals surface area contributed by atoms with Gasteiger partial charge in [0.05, 0.1) is 0 Å². The molecule has 108 valence electrons. The van der Waals surface area contributed by atoms with E-state index in [0.29, 0.717) is 12.2 Å². The number of unbranched alkanes of at least 4 members (excludes halogenated alkanes) is 6. The minimum absolute atomic E-state index is 0.146. The van der Waals surface area contributed by atoms with E-state index in [1.54, 1.807) is 6.07 Å². The van der Waals surface area contributed by atoms with Crippen LogP contribution < -0.4 is 0 Å². The van der Waals surface area contributed by atoms with Gasteiger partial charge >= 0.3 is 0 Å². The van der Waals surface area contributed by atoms with Gasteiger partial charge in [-0.25, -0.2) is 0 Å². The Hall–Kier alpha value is -1.02. The zero-order chi connectivity index (χ0) is 13.9. The SMILES string of the molecule is CCCCCCCCCc1c(O)cccc1CCO. The second-order valence-electron chi connectivity index (χ2n) is 5.26. The molecule has 0 amide bonds. The average Bonchev–Trinajstić information content (AvgIpc) is 2.41. The molecule has 0 saturated carbocycles. The summed E-state index contributed by atoms with van der Waals surface area (Å²) in [6.45, 7) is 2.38.